The van der Waals surface area contributed by atoms with Gasteiger partial charge in [-0.05, 0) is 62.8 Å². The van der Waals surface area contributed by atoms with Gasteiger partial charge in [-0.2, -0.15) is 4.31 Å². The van der Waals surface area contributed by atoms with E-state index < -0.39 is 10.0 Å². The first-order valence-corrected chi connectivity index (χ1v) is 11.3. The lowest BCUT2D eigenvalue weighted by atomic mass is 9.93. The van der Waals surface area contributed by atoms with Gasteiger partial charge in [-0.25, -0.2) is 13.4 Å². The average molecular weight is 386 g/mol. The van der Waals surface area contributed by atoms with Gasteiger partial charge in [-0.3, -0.25) is 0 Å². The first kappa shape index (κ1) is 18.4. The van der Waals surface area contributed by atoms with Crippen molar-refractivity contribution in [1.29, 1.82) is 0 Å². The Bertz CT molecular complexity index is 875. The Kier molecular flexibility index (Phi) is 5.19. The lowest BCUT2D eigenvalue weighted by Crippen LogP contribution is -2.38. The number of aromatic nitrogens is 1. The maximum atomic E-state index is 13.2. The van der Waals surface area contributed by atoms with Gasteiger partial charge in [0.15, 0.2) is 0 Å². The quantitative estimate of drug-likeness (QED) is 0.835. The molecule has 0 spiro atoms. The van der Waals surface area contributed by atoms with E-state index in [1.807, 2.05) is 37.4 Å². The van der Waals surface area contributed by atoms with Gasteiger partial charge < -0.3 is 5.32 Å². The second-order valence-corrected chi connectivity index (χ2v) is 9.58. The highest BCUT2D eigenvalue weighted by Crippen LogP contribution is 2.35. The molecule has 144 valence electrons. The maximum Gasteiger partial charge on any atom is 0.243 e. The number of pyridine rings is 1. The van der Waals surface area contributed by atoms with Gasteiger partial charge >= 0.3 is 0 Å². The number of nitrogens with zero attached hydrogens (tertiary/aromatic N) is 2. The standard InChI is InChI=1S/C21H27N3O2S/c1-16-8-11-19(12-9-16)27(25,26)24-14-3-2-7-20(24)17-10-13-21(22-15-17)23-18-5-4-6-18/h8-13,15,18,20H,2-7,14H2,1H3,(H,22,23)/t20-/m0/s1. The second kappa shape index (κ2) is 7.60. The van der Waals surface area contributed by atoms with E-state index in [-0.39, 0.29) is 6.04 Å². The van der Waals surface area contributed by atoms with E-state index in [0.29, 0.717) is 17.5 Å². The number of sulfonamides is 1. The molecule has 5 nitrogen and oxygen atoms in total. The van der Waals surface area contributed by atoms with Crippen LogP contribution in [0.15, 0.2) is 47.5 Å². The van der Waals surface area contributed by atoms with Crippen molar-refractivity contribution < 1.29 is 8.42 Å². The van der Waals surface area contributed by atoms with Crippen molar-refractivity contribution in [3.8, 4) is 0 Å². The Hall–Kier alpha value is -1.92. The van der Waals surface area contributed by atoms with Crippen molar-refractivity contribution in [2.75, 3.05) is 11.9 Å². The van der Waals surface area contributed by atoms with Gasteiger partial charge in [0, 0.05) is 18.8 Å². The van der Waals surface area contributed by atoms with Gasteiger partial charge in [0.25, 0.3) is 0 Å². The summed E-state index contributed by atoms with van der Waals surface area (Å²) in [6.07, 6.45) is 8.30. The number of benzene rings is 1. The maximum absolute atomic E-state index is 13.2. The third kappa shape index (κ3) is 3.87. The fourth-order valence-corrected chi connectivity index (χ4v) is 5.50. The zero-order valence-corrected chi connectivity index (χ0v) is 16.6. The normalized spacial score (nSPS) is 21.6. The molecule has 2 aromatic rings. The van der Waals surface area contributed by atoms with E-state index in [2.05, 4.69) is 10.3 Å². The van der Waals surface area contributed by atoms with E-state index in [4.69, 9.17) is 0 Å². The summed E-state index contributed by atoms with van der Waals surface area (Å²) in [5, 5.41) is 3.44. The lowest BCUT2D eigenvalue weighted by molar-refractivity contribution is 0.255. The first-order chi connectivity index (χ1) is 13.0. The molecule has 1 aliphatic carbocycles. The van der Waals surface area contributed by atoms with Crippen LogP contribution < -0.4 is 5.32 Å². The van der Waals surface area contributed by atoms with Crippen molar-refractivity contribution in [3.05, 3.63) is 53.7 Å². The van der Waals surface area contributed by atoms with Crippen LogP contribution in [0.1, 0.15) is 55.7 Å². The highest BCUT2D eigenvalue weighted by molar-refractivity contribution is 7.89. The van der Waals surface area contributed by atoms with Crippen LogP contribution in [-0.4, -0.2) is 30.3 Å². The minimum absolute atomic E-state index is 0.143. The molecule has 0 bridgehead atoms. The minimum Gasteiger partial charge on any atom is -0.367 e. The van der Waals surface area contributed by atoms with Crippen LogP contribution in [0.25, 0.3) is 0 Å². The zero-order chi connectivity index (χ0) is 18.9. The molecule has 1 N–H and O–H groups in total. The molecule has 1 aliphatic heterocycles. The number of aryl methyl sites for hydroxylation is 1. The zero-order valence-electron chi connectivity index (χ0n) is 15.8. The number of rotatable bonds is 5. The minimum atomic E-state index is -3.51. The molecule has 2 heterocycles. The fraction of sp³-hybridized carbons (Fsp3) is 0.476. The SMILES string of the molecule is Cc1ccc(S(=O)(=O)N2CCCC[C@H]2c2ccc(NC3CCC3)nc2)cc1. The summed E-state index contributed by atoms with van der Waals surface area (Å²) >= 11 is 0. The van der Waals surface area contributed by atoms with Crippen LogP contribution >= 0.6 is 0 Å². The van der Waals surface area contributed by atoms with Crippen molar-refractivity contribution >= 4 is 15.8 Å². The molecule has 1 saturated carbocycles. The van der Waals surface area contributed by atoms with Gasteiger partial charge in [0.2, 0.25) is 10.0 Å². The number of hydrogen-bond donors (Lipinski definition) is 1. The molecular weight excluding hydrogens is 358 g/mol. The molecule has 0 amide bonds. The molecule has 4 rings (SSSR count). The van der Waals surface area contributed by atoms with Gasteiger partial charge in [-0.1, -0.05) is 30.2 Å². The molecule has 1 atom stereocenters. The average Bonchev–Trinajstić information content (AvgIpc) is 2.66. The third-order valence-electron chi connectivity index (χ3n) is 5.71. The van der Waals surface area contributed by atoms with Crippen LogP contribution in [-0.2, 0) is 10.0 Å². The van der Waals surface area contributed by atoms with Crippen molar-refractivity contribution in [2.24, 2.45) is 0 Å². The van der Waals surface area contributed by atoms with E-state index in [1.54, 1.807) is 16.4 Å². The third-order valence-corrected chi connectivity index (χ3v) is 7.63. The molecule has 2 fully saturated rings. The van der Waals surface area contributed by atoms with Crippen molar-refractivity contribution in [2.45, 2.75) is 62.4 Å². The van der Waals surface area contributed by atoms with E-state index in [9.17, 15) is 8.42 Å². The topological polar surface area (TPSA) is 62.3 Å². The Morgan fingerprint density at radius 2 is 1.78 bits per heavy atom. The van der Waals surface area contributed by atoms with Gasteiger partial charge in [-0.15, -0.1) is 0 Å². The lowest BCUT2D eigenvalue weighted by Gasteiger charge is -2.35. The van der Waals surface area contributed by atoms with Crippen LogP contribution in [0.4, 0.5) is 5.82 Å². The predicted molar refractivity (Wildman–Crippen MR) is 107 cm³/mol. The highest BCUT2D eigenvalue weighted by Gasteiger charge is 2.34. The predicted octanol–water partition coefficient (Wildman–Crippen LogP) is 4.27. The summed E-state index contributed by atoms with van der Waals surface area (Å²) in [7, 11) is -3.51. The summed E-state index contributed by atoms with van der Waals surface area (Å²) in [4.78, 5) is 4.92. The highest BCUT2D eigenvalue weighted by atomic mass is 32.2. The Labute approximate surface area is 161 Å². The molecule has 1 aromatic heterocycles. The largest absolute Gasteiger partial charge is 0.367 e. The summed E-state index contributed by atoms with van der Waals surface area (Å²) in [6, 6.07) is 11.5. The summed E-state index contributed by atoms with van der Waals surface area (Å²) in [5.41, 5.74) is 2.03. The monoisotopic (exact) mass is 385 g/mol. The van der Waals surface area contributed by atoms with Gasteiger partial charge in [0.05, 0.1) is 10.9 Å². The Balaban J connectivity index is 1.57. The Morgan fingerprint density at radius 1 is 1.00 bits per heavy atom. The van der Waals surface area contributed by atoms with E-state index in [0.717, 1.165) is 36.2 Å². The second-order valence-electron chi connectivity index (χ2n) is 7.69. The summed E-state index contributed by atoms with van der Waals surface area (Å²) in [6.45, 7) is 2.52. The summed E-state index contributed by atoms with van der Waals surface area (Å²) in [5.74, 6) is 0.882. The number of hydrogen-bond acceptors (Lipinski definition) is 4. The number of piperidine rings is 1. The molecule has 1 aromatic carbocycles. The van der Waals surface area contributed by atoms with E-state index >= 15 is 0 Å². The number of nitrogens with one attached hydrogen (secondary N) is 1. The van der Waals surface area contributed by atoms with Crippen LogP contribution in [0.2, 0.25) is 0 Å². The molecule has 0 unspecified atom stereocenters. The molecule has 6 heteroatoms. The van der Waals surface area contributed by atoms with Crippen molar-refractivity contribution in [1.82, 2.24) is 9.29 Å². The van der Waals surface area contributed by atoms with Crippen LogP contribution in [0.5, 0.6) is 0 Å². The Morgan fingerprint density at radius 3 is 2.41 bits per heavy atom. The molecule has 1 saturated heterocycles. The smallest absolute Gasteiger partial charge is 0.243 e. The molecular formula is C21H27N3O2S. The first-order valence-electron chi connectivity index (χ1n) is 9.85. The summed E-state index contributed by atoms with van der Waals surface area (Å²) < 4.78 is 28.1. The van der Waals surface area contributed by atoms with E-state index in [1.165, 1.54) is 19.3 Å². The molecule has 2 aliphatic rings. The fourth-order valence-electron chi connectivity index (χ4n) is 3.82. The molecule has 0 radical (unpaired) electrons. The van der Waals surface area contributed by atoms with Gasteiger partial charge in [0.1, 0.15) is 5.82 Å². The molecule has 27 heavy (non-hydrogen) atoms. The van der Waals surface area contributed by atoms with Crippen LogP contribution in [0.3, 0.4) is 0 Å². The van der Waals surface area contributed by atoms with Crippen molar-refractivity contribution in [3.63, 3.8) is 0 Å². The van der Waals surface area contributed by atoms with Crippen LogP contribution in [0, 0.1) is 6.92 Å². The number of anilines is 1.